The first kappa shape index (κ1) is 12.2. The van der Waals surface area contributed by atoms with Gasteiger partial charge in [0.05, 0.1) is 0 Å². The summed E-state index contributed by atoms with van der Waals surface area (Å²) in [5.74, 6) is 0.573. The maximum atomic E-state index is 6.04. The van der Waals surface area contributed by atoms with Crippen LogP contribution in [0.5, 0.6) is 0 Å². The van der Waals surface area contributed by atoms with Crippen molar-refractivity contribution < 1.29 is 0 Å². The van der Waals surface area contributed by atoms with Crippen LogP contribution in [0.4, 0.5) is 0 Å². The predicted molar refractivity (Wildman–Crippen MR) is 65.7 cm³/mol. The molecule has 2 unspecified atom stereocenters. The van der Waals surface area contributed by atoms with E-state index < -0.39 is 0 Å². The highest BCUT2D eigenvalue weighted by Gasteiger charge is 2.08. The summed E-state index contributed by atoms with van der Waals surface area (Å²) in [6.07, 6.45) is 0.834. The first-order chi connectivity index (χ1) is 7.00. The van der Waals surface area contributed by atoms with Crippen molar-refractivity contribution in [2.75, 3.05) is 0 Å². The van der Waals surface area contributed by atoms with Gasteiger partial charge in [-0.1, -0.05) is 38.1 Å². The van der Waals surface area contributed by atoms with E-state index in [4.69, 9.17) is 11.5 Å². The normalized spacial score (nSPS) is 15.3. The third-order valence-corrected chi connectivity index (χ3v) is 2.66. The lowest BCUT2D eigenvalue weighted by Crippen LogP contribution is -2.23. The van der Waals surface area contributed by atoms with Gasteiger partial charge in [-0.15, -0.1) is 0 Å². The fourth-order valence-electron chi connectivity index (χ4n) is 1.66. The molecule has 4 N–H and O–H groups in total. The molecule has 0 radical (unpaired) electrons. The molecule has 15 heavy (non-hydrogen) atoms. The van der Waals surface area contributed by atoms with Crippen LogP contribution >= 0.6 is 0 Å². The minimum absolute atomic E-state index is 0.0613. The molecule has 0 fully saturated rings. The third kappa shape index (κ3) is 3.65. The van der Waals surface area contributed by atoms with Crippen LogP contribution in [0.15, 0.2) is 24.3 Å². The van der Waals surface area contributed by atoms with Crippen molar-refractivity contribution >= 4 is 0 Å². The second-order valence-corrected chi connectivity index (χ2v) is 4.64. The fourth-order valence-corrected chi connectivity index (χ4v) is 1.66. The van der Waals surface area contributed by atoms with Crippen molar-refractivity contribution in [1.82, 2.24) is 0 Å². The Balaban J connectivity index is 2.71. The van der Waals surface area contributed by atoms with Crippen molar-refractivity contribution in [3.63, 3.8) is 0 Å². The smallest absolute Gasteiger partial charge is 0.0309 e. The highest BCUT2D eigenvalue weighted by Crippen LogP contribution is 2.19. The zero-order valence-electron chi connectivity index (χ0n) is 9.90. The first-order valence-electron chi connectivity index (χ1n) is 5.61. The van der Waals surface area contributed by atoms with Gasteiger partial charge in [0.2, 0.25) is 0 Å². The average molecular weight is 206 g/mol. The molecule has 0 spiro atoms. The zero-order chi connectivity index (χ0) is 11.4. The van der Waals surface area contributed by atoms with E-state index in [0.717, 1.165) is 6.42 Å². The van der Waals surface area contributed by atoms with Gasteiger partial charge >= 0.3 is 0 Å². The molecule has 0 aliphatic carbocycles. The van der Waals surface area contributed by atoms with Crippen LogP contribution in [0.3, 0.4) is 0 Å². The van der Waals surface area contributed by atoms with Gasteiger partial charge in [0.25, 0.3) is 0 Å². The number of nitrogens with two attached hydrogens (primary N) is 2. The van der Waals surface area contributed by atoms with Gasteiger partial charge in [0.15, 0.2) is 0 Å². The second-order valence-electron chi connectivity index (χ2n) is 4.64. The number of benzene rings is 1. The van der Waals surface area contributed by atoms with E-state index in [1.165, 1.54) is 11.1 Å². The summed E-state index contributed by atoms with van der Waals surface area (Å²) in [5.41, 5.74) is 14.3. The van der Waals surface area contributed by atoms with Gasteiger partial charge in [0, 0.05) is 12.1 Å². The summed E-state index contributed by atoms with van der Waals surface area (Å²) in [4.78, 5) is 0. The van der Waals surface area contributed by atoms with Crippen LogP contribution in [-0.4, -0.2) is 6.04 Å². The second kappa shape index (κ2) is 5.29. The maximum Gasteiger partial charge on any atom is 0.0309 e. The lowest BCUT2D eigenvalue weighted by Gasteiger charge is -2.15. The molecule has 0 aromatic heterocycles. The molecule has 1 aromatic rings. The van der Waals surface area contributed by atoms with Gasteiger partial charge in [-0.25, -0.2) is 0 Å². The minimum atomic E-state index is 0.0613. The zero-order valence-corrected chi connectivity index (χ0v) is 9.90. The molecule has 0 aliphatic rings. The Morgan fingerprint density at radius 3 is 1.80 bits per heavy atom. The quantitative estimate of drug-likeness (QED) is 0.795. The molecule has 0 amide bonds. The molecule has 0 aliphatic heterocycles. The van der Waals surface area contributed by atoms with E-state index in [1.54, 1.807) is 0 Å². The Labute approximate surface area is 92.7 Å². The van der Waals surface area contributed by atoms with Crippen molar-refractivity contribution in [2.45, 2.75) is 45.2 Å². The molecule has 2 atom stereocenters. The van der Waals surface area contributed by atoms with Crippen LogP contribution in [0, 0.1) is 0 Å². The molecular weight excluding hydrogens is 184 g/mol. The van der Waals surface area contributed by atoms with Gasteiger partial charge < -0.3 is 11.5 Å². The predicted octanol–water partition coefficient (Wildman–Crippen LogP) is 2.55. The van der Waals surface area contributed by atoms with E-state index in [-0.39, 0.29) is 12.1 Å². The van der Waals surface area contributed by atoms with Crippen molar-refractivity contribution in [3.05, 3.63) is 35.4 Å². The summed E-state index contributed by atoms with van der Waals surface area (Å²) in [6, 6.07) is 8.75. The van der Waals surface area contributed by atoms with Gasteiger partial charge in [0.1, 0.15) is 0 Å². The van der Waals surface area contributed by atoms with E-state index in [2.05, 4.69) is 38.1 Å². The molecular formula is C13H22N2. The van der Waals surface area contributed by atoms with Gasteiger partial charge in [-0.2, -0.15) is 0 Å². The first-order valence-corrected chi connectivity index (χ1v) is 5.61. The van der Waals surface area contributed by atoms with E-state index in [0.29, 0.717) is 5.92 Å². The molecule has 2 heteroatoms. The van der Waals surface area contributed by atoms with E-state index >= 15 is 0 Å². The third-order valence-electron chi connectivity index (χ3n) is 2.66. The summed E-state index contributed by atoms with van der Waals surface area (Å²) >= 11 is 0. The summed E-state index contributed by atoms with van der Waals surface area (Å²) in [6.45, 7) is 6.37. The Bertz CT molecular complexity index is 288. The molecule has 1 aromatic carbocycles. The number of hydrogen-bond donors (Lipinski definition) is 2. The van der Waals surface area contributed by atoms with Crippen molar-refractivity contribution in [1.29, 1.82) is 0 Å². The van der Waals surface area contributed by atoms with Crippen molar-refractivity contribution in [2.24, 2.45) is 11.5 Å². The van der Waals surface area contributed by atoms with Gasteiger partial charge in [-0.05, 0) is 30.4 Å². The van der Waals surface area contributed by atoms with Gasteiger partial charge in [-0.3, -0.25) is 0 Å². The monoisotopic (exact) mass is 206 g/mol. The molecule has 84 valence electrons. The molecule has 2 nitrogen and oxygen atoms in total. The average Bonchev–Trinajstić information content (AvgIpc) is 2.17. The molecule has 1 rings (SSSR count). The largest absolute Gasteiger partial charge is 0.328 e. The number of rotatable bonds is 4. The van der Waals surface area contributed by atoms with Crippen LogP contribution in [0.1, 0.15) is 50.3 Å². The van der Waals surface area contributed by atoms with Crippen molar-refractivity contribution in [3.8, 4) is 0 Å². The minimum Gasteiger partial charge on any atom is -0.328 e. The van der Waals surface area contributed by atoms with Crippen LogP contribution < -0.4 is 11.5 Å². The van der Waals surface area contributed by atoms with E-state index in [1.807, 2.05) is 6.92 Å². The van der Waals surface area contributed by atoms with Crippen LogP contribution in [0.2, 0.25) is 0 Å². The van der Waals surface area contributed by atoms with Crippen LogP contribution in [-0.2, 0) is 0 Å². The van der Waals surface area contributed by atoms with Crippen LogP contribution in [0.25, 0.3) is 0 Å². The Hall–Kier alpha value is -0.860. The highest BCUT2D eigenvalue weighted by atomic mass is 14.7. The summed E-state index contributed by atoms with van der Waals surface area (Å²) in [7, 11) is 0. The topological polar surface area (TPSA) is 52.0 Å². The maximum absolute atomic E-state index is 6.04. The SMILES string of the molecule is CC(N)CC(N)c1ccc(C(C)C)cc1. The van der Waals surface area contributed by atoms with E-state index in [9.17, 15) is 0 Å². The standard InChI is InChI=1S/C13H22N2/c1-9(2)11-4-6-12(7-5-11)13(15)8-10(3)14/h4-7,9-10,13H,8,14-15H2,1-3H3. The summed E-state index contributed by atoms with van der Waals surface area (Å²) < 4.78 is 0. The summed E-state index contributed by atoms with van der Waals surface area (Å²) in [5, 5.41) is 0. The molecule has 0 bridgehead atoms. The lowest BCUT2D eigenvalue weighted by molar-refractivity contribution is 0.568. The molecule has 0 saturated carbocycles. The number of hydrogen-bond acceptors (Lipinski definition) is 2. The lowest BCUT2D eigenvalue weighted by atomic mass is 9.97. The Morgan fingerprint density at radius 2 is 1.40 bits per heavy atom. The highest BCUT2D eigenvalue weighted by molar-refractivity contribution is 5.26. The Morgan fingerprint density at radius 1 is 0.933 bits per heavy atom. The Kier molecular flexibility index (Phi) is 4.30. The fraction of sp³-hybridized carbons (Fsp3) is 0.538. The molecule has 0 heterocycles. The molecule has 0 saturated heterocycles.